The molecule has 120 valence electrons. The number of ether oxygens (including phenoxy) is 2. The number of aromatic nitrogens is 2. The van der Waals surface area contributed by atoms with Crippen LogP contribution >= 0.6 is 0 Å². The van der Waals surface area contributed by atoms with Crippen LogP contribution < -0.4 is 5.32 Å². The number of nitrogens with zero attached hydrogens (tertiary/aromatic N) is 2. The Morgan fingerprint density at radius 1 is 1.29 bits per heavy atom. The van der Waals surface area contributed by atoms with E-state index in [4.69, 9.17) is 14.0 Å². The lowest BCUT2D eigenvalue weighted by Gasteiger charge is -2.33. The van der Waals surface area contributed by atoms with Crippen LogP contribution in [0.2, 0.25) is 0 Å². The van der Waals surface area contributed by atoms with Crippen LogP contribution in [-0.4, -0.2) is 42.5 Å². The van der Waals surface area contributed by atoms with Gasteiger partial charge in [-0.05, 0) is 20.4 Å². The van der Waals surface area contributed by atoms with E-state index >= 15 is 0 Å². The third-order valence-electron chi connectivity index (χ3n) is 4.24. The molecule has 1 aromatic rings. The van der Waals surface area contributed by atoms with Gasteiger partial charge < -0.3 is 19.3 Å². The van der Waals surface area contributed by atoms with Crippen molar-refractivity contribution in [3.63, 3.8) is 0 Å². The first-order chi connectivity index (χ1) is 10.1. The van der Waals surface area contributed by atoms with E-state index in [2.05, 4.69) is 36.2 Å². The average Bonchev–Trinajstić information content (AvgIpc) is 2.98. The molecule has 0 spiro atoms. The van der Waals surface area contributed by atoms with Gasteiger partial charge in [0.1, 0.15) is 5.60 Å². The van der Waals surface area contributed by atoms with Gasteiger partial charge in [-0.15, -0.1) is 0 Å². The largest absolute Gasteiger partial charge is 0.381 e. The molecule has 1 saturated heterocycles. The predicted molar refractivity (Wildman–Crippen MR) is 79.2 cm³/mol. The van der Waals surface area contributed by atoms with Crippen LogP contribution in [0.15, 0.2) is 4.52 Å². The van der Waals surface area contributed by atoms with E-state index in [1.54, 1.807) is 0 Å². The van der Waals surface area contributed by atoms with Gasteiger partial charge in [-0.1, -0.05) is 19.0 Å². The predicted octanol–water partition coefficient (Wildman–Crippen LogP) is 2.21. The molecule has 2 heterocycles. The molecule has 1 fully saturated rings. The van der Waals surface area contributed by atoms with E-state index in [0.717, 1.165) is 19.4 Å². The van der Waals surface area contributed by atoms with Gasteiger partial charge in [0.2, 0.25) is 11.7 Å². The zero-order valence-corrected chi connectivity index (χ0v) is 13.5. The highest BCUT2D eigenvalue weighted by atomic mass is 16.5. The summed E-state index contributed by atoms with van der Waals surface area (Å²) < 4.78 is 16.9. The Kier molecular flexibility index (Phi) is 5.72. The molecule has 6 nitrogen and oxygen atoms in total. The second-order valence-corrected chi connectivity index (χ2v) is 5.63. The molecule has 1 aliphatic rings. The highest BCUT2D eigenvalue weighted by Gasteiger charge is 2.40. The summed E-state index contributed by atoms with van der Waals surface area (Å²) >= 11 is 0. The maximum atomic E-state index is 5.98. The Morgan fingerprint density at radius 3 is 2.62 bits per heavy atom. The molecule has 0 saturated carbocycles. The van der Waals surface area contributed by atoms with Crippen molar-refractivity contribution < 1.29 is 14.0 Å². The van der Waals surface area contributed by atoms with Crippen molar-refractivity contribution in [2.75, 3.05) is 26.4 Å². The lowest BCUT2D eigenvalue weighted by atomic mass is 9.93. The Bertz CT molecular complexity index is 424. The number of hydrogen-bond donors (Lipinski definition) is 1. The molecular weight excluding hydrogens is 270 g/mol. The van der Waals surface area contributed by atoms with Crippen molar-refractivity contribution in [2.45, 2.75) is 58.1 Å². The lowest BCUT2D eigenvalue weighted by Crippen LogP contribution is -2.37. The summed E-state index contributed by atoms with van der Waals surface area (Å²) in [6.45, 7) is 11.2. The first-order valence-electron chi connectivity index (χ1n) is 7.92. The summed E-state index contributed by atoms with van der Waals surface area (Å²) in [6, 6.07) is 0.293. The summed E-state index contributed by atoms with van der Waals surface area (Å²) in [5, 5.41) is 7.59. The van der Waals surface area contributed by atoms with Crippen LogP contribution in [-0.2, 0) is 15.1 Å². The highest BCUT2D eigenvalue weighted by molar-refractivity contribution is 5.06. The molecule has 0 aromatic carbocycles. The molecule has 0 radical (unpaired) electrons. The van der Waals surface area contributed by atoms with Gasteiger partial charge in [0.15, 0.2) is 0 Å². The van der Waals surface area contributed by atoms with E-state index in [1.807, 2.05) is 6.92 Å². The minimum absolute atomic E-state index is 0.171. The van der Waals surface area contributed by atoms with Crippen molar-refractivity contribution >= 4 is 0 Å². The molecule has 0 amide bonds. The van der Waals surface area contributed by atoms with Gasteiger partial charge in [-0.2, -0.15) is 4.98 Å². The van der Waals surface area contributed by atoms with Crippen LogP contribution in [0.5, 0.6) is 0 Å². The minimum atomic E-state index is -0.449. The summed E-state index contributed by atoms with van der Waals surface area (Å²) in [5.74, 6) is 1.51. The molecule has 2 unspecified atom stereocenters. The third kappa shape index (κ3) is 3.62. The van der Waals surface area contributed by atoms with Crippen LogP contribution in [0.3, 0.4) is 0 Å². The number of likely N-dealkylation sites (N-methyl/N-ethyl adjacent to an activating group) is 1. The Balaban J connectivity index is 2.16. The second kappa shape index (κ2) is 7.33. The van der Waals surface area contributed by atoms with E-state index in [-0.39, 0.29) is 5.92 Å². The molecule has 1 aliphatic heterocycles. The maximum Gasteiger partial charge on any atom is 0.231 e. The monoisotopic (exact) mass is 297 g/mol. The molecule has 21 heavy (non-hydrogen) atoms. The second-order valence-electron chi connectivity index (χ2n) is 5.63. The summed E-state index contributed by atoms with van der Waals surface area (Å²) in [4.78, 5) is 4.63. The first kappa shape index (κ1) is 16.4. The van der Waals surface area contributed by atoms with Crippen molar-refractivity contribution in [3.8, 4) is 0 Å². The van der Waals surface area contributed by atoms with Gasteiger partial charge in [0, 0.05) is 38.7 Å². The number of nitrogens with one attached hydrogen (secondary N) is 1. The summed E-state index contributed by atoms with van der Waals surface area (Å²) in [5.41, 5.74) is -0.449. The van der Waals surface area contributed by atoms with E-state index in [1.165, 1.54) is 0 Å². The number of hydrogen-bond acceptors (Lipinski definition) is 6. The smallest absolute Gasteiger partial charge is 0.231 e. The molecule has 1 N–H and O–H groups in total. The van der Waals surface area contributed by atoms with Gasteiger partial charge in [0.25, 0.3) is 0 Å². The summed E-state index contributed by atoms with van der Waals surface area (Å²) in [6.07, 6.45) is 1.55. The molecule has 2 rings (SSSR count). The fraction of sp³-hybridized carbons (Fsp3) is 0.867. The SMILES string of the molecule is CCNC(C)C(C)c1nc(C2(OCC)CCOCC2)no1. The van der Waals surface area contributed by atoms with Gasteiger partial charge in [0.05, 0.1) is 5.92 Å². The molecule has 6 heteroatoms. The average molecular weight is 297 g/mol. The van der Waals surface area contributed by atoms with E-state index in [0.29, 0.717) is 37.6 Å². The zero-order valence-electron chi connectivity index (χ0n) is 13.5. The normalized spacial score (nSPS) is 21.1. The summed E-state index contributed by atoms with van der Waals surface area (Å²) in [7, 11) is 0. The fourth-order valence-corrected chi connectivity index (χ4v) is 2.73. The van der Waals surface area contributed by atoms with Crippen molar-refractivity contribution in [3.05, 3.63) is 11.7 Å². The molecule has 0 bridgehead atoms. The van der Waals surface area contributed by atoms with Crippen LogP contribution in [0.25, 0.3) is 0 Å². The quantitative estimate of drug-likeness (QED) is 0.832. The van der Waals surface area contributed by atoms with E-state index < -0.39 is 5.60 Å². The Hall–Kier alpha value is -0.980. The van der Waals surface area contributed by atoms with Crippen molar-refractivity contribution in [1.29, 1.82) is 0 Å². The fourth-order valence-electron chi connectivity index (χ4n) is 2.73. The lowest BCUT2D eigenvalue weighted by molar-refractivity contribution is -0.118. The van der Waals surface area contributed by atoms with Gasteiger partial charge >= 0.3 is 0 Å². The van der Waals surface area contributed by atoms with Gasteiger partial charge in [-0.25, -0.2) is 0 Å². The standard InChI is InChI=1S/C15H27N3O3/c1-5-16-12(4)11(3)13-17-14(18-21-13)15(20-6-2)7-9-19-10-8-15/h11-12,16H,5-10H2,1-4H3. The van der Waals surface area contributed by atoms with Crippen molar-refractivity contribution in [1.82, 2.24) is 15.5 Å². The van der Waals surface area contributed by atoms with Crippen LogP contribution in [0, 0.1) is 0 Å². The molecular formula is C15H27N3O3. The van der Waals surface area contributed by atoms with E-state index in [9.17, 15) is 0 Å². The highest BCUT2D eigenvalue weighted by Crippen LogP contribution is 2.35. The minimum Gasteiger partial charge on any atom is -0.381 e. The molecule has 2 atom stereocenters. The Labute approximate surface area is 126 Å². The van der Waals surface area contributed by atoms with Crippen LogP contribution in [0.1, 0.15) is 58.2 Å². The third-order valence-corrected chi connectivity index (χ3v) is 4.24. The zero-order chi connectivity index (χ0) is 15.3. The van der Waals surface area contributed by atoms with Gasteiger partial charge in [-0.3, -0.25) is 0 Å². The Morgan fingerprint density at radius 2 is 2.00 bits per heavy atom. The molecule has 1 aromatic heterocycles. The first-order valence-corrected chi connectivity index (χ1v) is 7.92. The van der Waals surface area contributed by atoms with Crippen molar-refractivity contribution in [2.24, 2.45) is 0 Å². The number of rotatable bonds is 7. The van der Waals surface area contributed by atoms with Crippen LogP contribution in [0.4, 0.5) is 0 Å². The maximum absolute atomic E-state index is 5.98. The topological polar surface area (TPSA) is 69.4 Å². The molecule has 0 aliphatic carbocycles.